The lowest BCUT2D eigenvalue weighted by molar-refractivity contribution is -0.133. The van der Waals surface area contributed by atoms with Crippen LogP contribution in [0.3, 0.4) is 0 Å². The molecule has 3 aromatic rings. The van der Waals surface area contributed by atoms with Crippen LogP contribution < -0.4 is 32.7 Å². The molecular weight excluding hydrogens is 670 g/mol. The van der Waals surface area contributed by atoms with Gasteiger partial charge in [0.1, 0.15) is 36.7 Å². The smallest absolute Gasteiger partial charge is 0.408 e. The zero-order valence-electron chi connectivity index (χ0n) is 29.3. The molecule has 0 saturated heterocycles. The molecule has 0 bridgehead atoms. The van der Waals surface area contributed by atoms with E-state index in [-0.39, 0.29) is 51.0 Å². The number of ether oxygens (including phenoxy) is 1. The predicted molar refractivity (Wildman–Crippen MR) is 191 cm³/mol. The Morgan fingerprint density at radius 1 is 0.750 bits per heavy atom. The maximum Gasteiger partial charge on any atom is 0.408 e. The van der Waals surface area contributed by atoms with Crippen molar-refractivity contribution in [2.75, 3.05) is 0 Å². The molecule has 3 rings (SSSR count). The quantitative estimate of drug-likeness (QED) is 0.0946. The Labute approximate surface area is 302 Å². The van der Waals surface area contributed by atoms with E-state index in [9.17, 15) is 28.8 Å². The van der Waals surface area contributed by atoms with E-state index in [1.807, 2.05) is 32.0 Å². The number of oxazole rings is 1. The SMILES string of the molecule is CC(C)C[C@H](NC(=O)OCc1ccccc1)C(=O)N[C@@H](Cc1ccccc1)C(=O)N[C@@H](CCC(N)=O)C(=O)N[C@H](/C=C/c1cocn1)CCC(N)=O. The van der Waals surface area contributed by atoms with Gasteiger partial charge in [-0.3, -0.25) is 24.0 Å². The van der Waals surface area contributed by atoms with Gasteiger partial charge in [0.2, 0.25) is 29.5 Å². The second kappa shape index (κ2) is 21.3. The van der Waals surface area contributed by atoms with Crippen molar-refractivity contribution in [2.24, 2.45) is 17.4 Å². The van der Waals surface area contributed by atoms with Crippen molar-refractivity contribution in [3.63, 3.8) is 0 Å². The monoisotopic (exact) mass is 717 g/mol. The van der Waals surface area contributed by atoms with Crippen LogP contribution in [0.2, 0.25) is 0 Å². The number of carbonyl (C=O) groups is 6. The number of carbonyl (C=O) groups excluding carboxylic acids is 6. The molecule has 1 aromatic heterocycles. The number of rotatable bonds is 21. The normalized spacial score (nSPS) is 13.4. The van der Waals surface area contributed by atoms with E-state index in [1.54, 1.807) is 54.6 Å². The molecule has 0 radical (unpaired) electrons. The minimum atomic E-state index is -1.26. The second-order valence-corrected chi connectivity index (χ2v) is 12.6. The van der Waals surface area contributed by atoms with Gasteiger partial charge in [0.25, 0.3) is 0 Å². The van der Waals surface area contributed by atoms with Crippen molar-refractivity contribution in [1.82, 2.24) is 26.3 Å². The fourth-order valence-electron chi connectivity index (χ4n) is 5.09. The average Bonchev–Trinajstić information content (AvgIpc) is 3.64. The summed E-state index contributed by atoms with van der Waals surface area (Å²) in [6, 6.07) is 13.7. The zero-order valence-corrected chi connectivity index (χ0v) is 29.3. The summed E-state index contributed by atoms with van der Waals surface area (Å²) < 4.78 is 10.3. The van der Waals surface area contributed by atoms with Gasteiger partial charge in [-0.05, 0) is 42.4 Å². The average molecular weight is 718 g/mol. The minimum Gasteiger partial charge on any atom is -0.451 e. The highest BCUT2D eigenvalue weighted by atomic mass is 16.5. The van der Waals surface area contributed by atoms with Gasteiger partial charge in [0.15, 0.2) is 6.39 Å². The van der Waals surface area contributed by atoms with Crippen molar-refractivity contribution in [1.29, 1.82) is 0 Å². The van der Waals surface area contributed by atoms with Crippen LogP contribution in [-0.2, 0) is 41.7 Å². The number of nitrogens with zero attached hydrogens (tertiary/aromatic N) is 1. The largest absolute Gasteiger partial charge is 0.451 e. The predicted octanol–water partition coefficient (Wildman–Crippen LogP) is 2.26. The van der Waals surface area contributed by atoms with E-state index < -0.39 is 59.8 Å². The Balaban J connectivity index is 1.80. The van der Waals surface area contributed by atoms with Gasteiger partial charge in [-0.15, -0.1) is 0 Å². The van der Waals surface area contributed by atoms with Crippen LogP contribution in [0.25, 0.3) is 6.08 Å². The minimum absolute atomic E-state index is 0.00409. The number of aromatic nitrogens is 1. The molecule has 0 aliphatic carbocycles. The molecule has 278 valence electrons. The highest BCUT2D eigenvalue weighted by Crippen LogP contribution is 2.11. The number of nitrogens with one attached hydrogen (secondary N) is 4. The molecule has 8 N–H and O–H groups in total. The van der Waals surface area contributed by atoms with Crippen LogP contribution in [0.15, 0.2) is 83.8 Å². The van der Waals surface area contributed by atoms with Gasteiger partial charge in [-0.1, -0.05) is 80.6 Å². The third kappa shape index (κ3) is 15.3. The molecule has 0 aliphatic heterocycles. The summed E-state index contributed by atoms with van der Waals surface area (Å²) in [6.45, 7) is 3.76. The molecule has 15 heteroatoms. The highest BCUT2D eigenvalue weighted by Gasteiger charge is 2.31. The lowest BCUT2D eigenvalue weighted by Gasteiger charge is -2.26. The third-order valence-corrected chi connectivity index (χ3v) is 7.74. The summed E-state index contributed by atoms with van der Waals surface area (Å²) in [5, 5.41) is 10.8. The van der Waals surface area contributed by atoms with E-state index in [2.05, 4.69) is 26.3 Å². The third-order valence-electron chi connectivity index (χ3n) is 7.74. The number of nitrogens with two attached hydrogens (primary N) is 2. The molecule has 4 atom stereocenters. The maximum atomic E-state index is 13.9. The summed E-state index contributed by atoms with van der Waals surface area (Å²) >= 11 is 0. The van der Waals surface area contributed by atoms with Gasteiger partial charge < -0.3 is 41.9 Å². The fourth-order valence-corrected chi connectivity index (χ4v) is 5.09. The first-order chi connectivity index (χ1) is 24.9. The van der Waals surface area contributed by atoms with Gasteiger partial charge >= 0.3 is 6.09 Å². The molecule has 1 heterocycles. The summed E-state index contributed by atoms with van der Waals surface area (Å²) in [6.07, 6.45) is 4.96. The van der Waals surface area contributed by atoms with E-state index in [0.29, 0.717) is 11.3 Å². The van der Waals surface area contributed by atoms with Crippen molar-refractivity contribution in [3.8, 4) is 0 Å². The van der Waals surface area contributed by atoms with Crippen LogP contribution in [0.1, 0.15) is 62.8 Å². The number of benzene rings is 2. The number of alkyl carbamates (subject to hydrolysis) is 1. The second-order valence-electron chi connectivity index (χ2n) is 12.6. The number of hydrogen-bond donors (Lipinski definition) is 6. The lowest BCUT2D eigenvalue weighted by atomic mass is 10.0. The lowest BCUT2D eigenvalue weighted by Crippen LogP contribution is -2.58. The Bertz CT molecular complexity index is 1630. The van der Waals surface area contributed by atoms with Crippen molar-refractivity contribution >= 4 is 41.7 Å². The van der Waals surface area contributed by atoms with E-state index in [0.717, 1.165) is 5.56 Å². The molecule has 0 aliphatic rings. The summed E-state index contributed by atoms with van der Waals surface area (Å²) in [4.78, 5) is 81.3. The van der Waals surface area contributed by atoms with Gasteiger partial charge in [-0.2, -0.15) is 0 Å². The number of amides is 6. The van der Waals surface area contributed by atoms with Crippen molar-refractivity contribution in [3.05, 3.63) is 96.2 Å². The maximum absolute atomic E-state index is 13.9. The molecule has 15 nitrogen and oxygen atoms in total. The summed E-state index contributed by atoms with van der Waals surface area (Å²) in [5.74, 6) is -3.32. The first kappa shape index (κ1) is 40.4. The van der Waals surface area contributed by atoms with E-state index >= 15 is 0 Å². The first-order valence-electron chi connectivity index (χ1n) is 16.9. The first-order valence-corrected chi connectivity index (χ1v) is 16.9. The summed E-state index contributed by atoms with van der Waals surface area (Å²) in [7, 11) is 0. The van der Waals surface area contributed by atoms with Crippen LogP contribution in [0.5, 0.6) is 0 Å². The van der Waals surface area contributed by atoms with Crippen molar-refractivity contribution in [2.45, 2.75) is 83.1 Å². The molecule has 0 fully saturated rings. The van der Waals surface area contributed by atoms with Crippen LogP contribution in [-0.4, -0.2) is 64.8 Å². The Hall–Kier alpha value is -5.99. The summed E-state index contributed by atoms with van der Waals surface area (Å²) in [5.41, 5.74) is 12.7. The molecule has 52 heavy (non-hydrogen) atoms. The van der Waals surface area contributed by atoms with Crippen molar-refractivity contribution < 1.29 is 37.9 Å². The van der Waals surface area contributed by atoms with Gasteiger partial charge in [0, 0.05) is 25.3 Å². The molecule has 2 aromatic carbocycles. The van der Waals surface area contributed by atoms with E-state index in [1.165, 1.54) is 12.7 Å². The van der Waals surface area contributed by atoms with Crippen LogP contribution >= 0.6 is 0 Å². The fraction of sp³-hybridized carbons (Fsp3) is 0.378. The molecule has 0 spiro atoms. The standard InChI is InChI=1S/C37H47N7O8/c1-24(2)19-30(44-37(50)52-21-26-11-7-4-8-12-26)35(48)43-31(20-25-9-5-3-6-10-25)36(49)42-29(16-18-33(39)46)34(47)41-27(15-17-32(38)45)13-14-28-22-51-23-40-28/h3-14,22-24,27,29-31H,15-21H2,1-2H3,(H2,38,45)(H2,39,46)(H,41,47)(H,42,49)(H,43,48)(H,44,50)/b14-13+/t27-,29+,30+,31+/m1/s1. The topological polar surface area (TPSA) is 238 Å². The molecular formula is C37H47N7O8. The van der Waals surface area contributed by atoms with Gasteiger partial charge in [0.05, 0.1) is 0 Å². The number of primary amides is 2. The Morgan fingerprint density at radius 2 is 1.33 bits per heavy atom. The Morgan fingerprint density at radius 3 is 1.92 bits per heavy atom. The number of hydrogen-bond acceptors (Lipinski definition) is 9. The van der Waals surface area contributed by atoms with Crippen LogP contribution in [0.4, 0.5) is 4.79 Å². The zero-order chi connectivity index (χ0) is 37.9. The van der Waals surface area contributed by atoms with Gasteiger partial charge in [-0.25, -0.2) is 9.78 Å². The Kier molecular flexibility index (Phi) is 16.5. The van der Waals surface area contributed by atoms with Crippen LogP contribution in [0, 0.1) is 5.92 Å². The van der Waals surface area contributed by atoms with E-state index in [4.69, 9.17) is 20.6 Å². The molecule has 0 unspecified atom stereocenters. The molecule has 6 amide bonds. The molecule has 0 saturated carbocycles. The highest BCUT2D eigenvalue weighted by molar-refractivity contribution is 5.94.